The molecule has 0 atom stereocenters. The molecule has 0 amide bonds. The first-order valence-corrected chi connectivity index (χ1v) is 19.7. The summed E-state index contributed by atoms with van der Waals surface area (Å²) in [4.78, 5) is 12.3. The van der Waals surface area contributed by atoms with Gasteiger partial charge < -0.3 is 14.7 Å². The van der Waals surface area contributed by atoms with Gasteiger partial charge in [0.1, 0.15) is 0 Å². The lowest BCUT2D eigenvalue weighted by Gasteiger charge is -2.24. The minimum atomic E-state index is 0.871. The number of benzene rings is 3. The molecule has 0 bridgehead atoms. The van der Waals surface area contributed by atoms with Gasteiger partial charge in [0.15, 0.2) is 0 Å². The lowest BCUT2D eigenvalue weighted by molar-refractivity contribution is 0.678. The average molecular weight is 709 g/mol. The summed E-state index contributed by atoms with van der Waals surface area (Å²) in [6.07, 6.45) is 30.7. The highest BCUT2D eigenvalue weighted by Crippen LogP contribution is 2.28. The molecule has 0 aromatic heterocycles. The molecule has 3 aromatic carbocycles. The monoisotopic (exact) mass is 708 g/mol. The zero-order valence-corrected chi connectivity index (χ0v) is 33.2. The first kappa shape index (κ1) is 40.6. The molecule has 0 spiro atoms. The van der Waals surface area contributed by atoms with Crippen LogP contribution in [0.25, 0.3) is 0 Å². The molecule has 5 heteroatoms. The molecule has 0 N–H and O–H groups in total. The van der Waals surface area contributed by atoms with Crippen LogP contribution in [-0.2, 0) is 0 Å². The number of anilines is 3. The highest BCUT2D eigenvalue weighted by atomic mass is 15.1. The van der Waals surface area contributed by atoms with E-state index in [9.17, 15) is 0 Å². The smallest absolute Gasteiger partial charge is 0.211 e. The molecule has 4 rings (SSSR count). The van der Waals surface area contributed by atoms with E-state index >= 15 is 0 Å². The summed E-state index contributed by atoms with van der Waals surface area (Å²) in [5.41, 5.74) is 8.90. The second kappa shape index (κ2) is 22.7. The van der Waals surface area contributed by atoms with Gasteiger partial charge in [0.25, 0.3) is 0 Å². The third-order valence-electron chi connectivity index (χ3n) is 9.34. The van der Waals surface area contributed by atoms with Gasteiger partial charge in [-0.3, -0.25) is 0 Å². The summed E-state index contributed by atoms with van der Waals surface area (Å²) >= 11 is 0. The maximum absolute atomic E-state index is 4.98. The van der Waals surface area contributed by atoms with Crippen LogP contribution < -0.4 is 19.3 Å². The number of hydrogen-bond acceptors (Lipinski definition) is 4. The summed E-state index contributed by atoms with van der Waals surface area (Å²) in [5.74, 6) is 0. The van der Waals surface area contributed by atoms with E-state index in [1.807, 2.05) is 0 Å². The Labute approximate surface area is 321 Å². The minimum absolute atomic E-state index is 0.871. The largest absolute Gasteiger partial charge is 0.372 e. The quantitative estimate of drug-likeness (QED) is 0.0664. The Hall–Kier alpha value is -5.16. The SMILES string of the molecule is C/C=C/CN(C/C=C/C)c1ccc(N=C2C=CC(=[N+](c3ccc(N(C/C=C/C)C/C=C/C)cc3)c3ccc(N(CCCC)CCCC)cc3)C=C2)cc1. The van der Waals surface area contributed by atoms with Gasteiger partial charge in [0, 0.05) is 92.7 Å². The zero-order valence-electron chi connectivity index (χ0n) is 33.2. The molecular formula is C48H62N5+. The summed E-state index contributed by atoms with van der Waals surface area (Å²) in [5, 5.41) is 0. The number of nitrogens with zero attached hydrogens (tertiary/aromatic N) is 5. The normalized spacial score (nSPS) is 12.9. The zero-order chi connectivity index (χ0) is 37.7. The van der Waals surface area contributed by atoms with Crippen LogP contribution in [0.15, 0.2) is 151 Å². The lowest BCUT2D eigenvalue weighted by atomic mass is 10.1. The van der Waals surface area contributed by atoms with Crippen LogP contribution in [0, 0.1) is 0 Å². The Bertz CT molecular complexity index is 1710. The van der Waals surface area contributed by atoms with Crippen molar-refractivity contribution < 1.29 is 0 Å². The fourth-order valence-corrected chi connectivity index (χ4v) is 6.20. The highest BCUT2D eigenvalue weighted by Gasteiger charge is 2.21. The number of unbranched alkanes of at least 4 members (excludes halogenated alkanes) is 2. The van der Waals surface area contributed by atoms with E-state index < -0.39 is 0 Å². The highest BCUT2D eigenvalue weighted by molar-refractivity contribution is 6.20. The van der Waals surface area contributed by atoms with Crippen molar-refractivity contribution in [2.45, 2.75) is 67.2 Å². The van der Waals surface area contributed by atoms with Crippen molar-refractivity contribution in [3.8, 4) is 0 Å². The van der Waals surface area contributed by atoms with E-state index in [0.717, 1.165) is 67.8 Å². The van der Waals surface area contributed by atoms with Gasteiger partial charge in [0.05, 0.1) is 11.4 Å². The van der Waals surface area contributed by atoms with Crippen molar-refractivity contribution in [2.24, 2.45) is 4.99 Å². The van der Waals surface area contributed by atoms with E-state index in [1.54, 1.807) is 0 Å². The Kier molecular flexibility index (Phi) is 17.4. The molecule has 0 unspecified atom stereocenters. The number of rotatable bonds is 20. The first-order valence-electron chi connectivity index (χ1n) is 19.7. The molecule has 3 aromatic rings. The third-order valence-corrected chi connectivity index (χ3v) is 9.34. The predicted octanol–water partition coefficient (Wildman–Crippen LogP) is 12.2. The molecule has 0 fully saturated rings. The molecular weight excluding hydrogens is 647 g/mol. The summed E-state index contributed by atoms with van der Waals surface area (Å²) in [7, 11) is 0. The molecule has 0 radical (unpaired) electrons. The van der Waals surface area contributed by atoms with E-state index in [0.29, 0.717) is 0 Å². The standard InChI is InChI=1S/C48H62N5/c1-7-13-35-50(36-14-8-2)43-23-19-41(20-24-43)49-42-21-25-46(26-22-42)53(47-31-27-44(28-32-47)51(37-15-9-3)38-16-10-4)48-33-29-45(30-34-48)52(39-17-11-5)40-18-12-6/h7-10,13-16,19-34H,11-12,17-18,35-40H2,1-6H3/q+1/b13-7+,14-8+,15-9+,16-10+. The maximum atomic E-state index is 4.98. The minimum Gasteiger partial charge on any atom is -0.372 e. The van der Waals surface area contributed by atoms with Gasteiger partial charge in [0.2, 0.25) is 17.1 Å². The van der Waals surface area contributed by atoms with Crippen LogP contribution >= 0.6 is 0 Å². The molecule has 1 aliphatic rings. The molecule has 0 saturated heterocycles. The lowest BCUT2D eigenvalue weighted by Crippen LogP contribution is -2.25. The van der Waals surface area contributed by atoms with E-state index in [4.69, 9.17) is 4.99 Å². The van der Waals surface area contributed by atoms with Crippen LogP contribution in [0.4, 0.5) is 34.1 Å². The van der Waals surface area contributed by atoms with Crippen molar-refractivity contribution in [2.75, 3.05) is 54.0 Å². The Morgan fingerprint density at radius 2 is 0.868 bits per heavy atom. The Morgan fingerprint density at radius 1 is 0.491 bits per heavy atom. The van der Waals surface area contributed by atoms with Crippen LogP contribution in [0.5, 0.6) is 0 Å². The number of aliphatic imine (C=N–C) groups is 1. The van der Waals surface area contributed by atoms with Crippen LogP contribution in [0.1, 0.15) is 67.2 Å². The van der Waals surface area contributed by atoms with Gasteiger partial charge in [-0.1, -0.05) is 75.3 Å². The third kappa shape index (κ3) is 12.5. The summed E-state index contributed by atoms with van der Waals surface area (Å²) in [6.45, 7) is 18.5. The fourth-order valence-electron chi connectivity index (χ4n) is 6.20. The Morgan fingerprint density at radius 3 is 1.25 bits per heavy atom. The van der Waals surface area contributed by atoms with Crippen LogP contribution in [0.3, 0.4) is 0 Å². The number of hydrogen-bond donors (Lipinski definition) is 0. The van der Waals surface area contributed by atoms with Crippen molar-refractivity contribution >= 4 is 45.5 Å². The van der Waals surface area contributed by atoms with Gasteiger partial charge in [-0.2, -0.15) is 4.58 Å². The molecule has 0 heterocycles. The molecule has 5 nitrogen and oxygen atoms in total. The molecule has 1 aliphatic carbocycles. The van der Waals surface area contributed by atoms with Crippen molar-refractivity contribution in [3.05, 3.63) is 146 Å². The maximum Gasteiger partial charge on any atom is 0.211 e. The van der Waals surface area contributed by atoms with Crippen molar-refractivity contribution in [1.29, 1.82) is 0 Å². The first-order chi connectivity index (χ1) is 26.0. The fraction of sp³-hybridized carbons (Fsp3) is 0.333. The van der Waals surface area contributed by atoms with Crippen LogP contribution in [0.2, 0.25) is 0 Å². The second-order valence-corrected chi connectivity index (χ2v) is 13.3. The number of allylic oxidation sites excluding steroid dienone is 8. The van der Waals surface area contributed by atoms with Gasteiger partial charge in [-0.15, -0.1) is 0 Å². The van der Waals surface area contributed by atoms with E-state index in [1.165, 1.54) is 42.7 Å². The summed E-state index contributed by atoms with van der Waals surface area (Å²) in [6, 6.07) is 26.7. The van der Waals surface area contributed by atoms with Crippen molar-refractivity contribution in [3.63, 3.8) is 0 Å². The predicted molar refractivity (Wildman–Crippen MR) is 237 cm³/mol. The van der Waals surface area contributed by atoms with Crippen LogP contribution in [-0.4, -0.2) is 50.7 Å². The van der Waals surface area contributed by atoms with Gasteiger partial charge >= 0.3 is 0 Å². The average Bonchev–Trinajstić information content (AvgIpc) is 3.20. The van der Waals surface area contributed by atoms with E-state index in [-0.39, 0.29) is 0 Å². The second-order valence-electron chi connectivity index (χ2n) is 13.3. The van der Waals surface area contributed by atoms with Crippen molar-refractivity contribution in [1.82, 2.24) is 4.58 Å². The molecule has 0 saturated carbocycles. The van der Waals surface area contributed by atoms with Gasteiger partial charge in [-0.25, -0.2) is 4.99 Å². The van der Waals surface area contributed by atoms with Gasteiger partial charge in [-0.05, 0) is 101 Å². The van der Waals surface area contributed by atoms with E-state index in [2.05, 4.69) is 207 Å². The molecule has 0 aliphatic heterocycles. The topological polar surface area (TPSA) is 25.1 Å². The Balaban J connectivity index is 1.68. The molecule has 53 heavy (non-hydrogen) atoms. The summed E-state index contributed by atoms with van der Waals surface area (Å²) < 4.78 is 2.35. The molecule has 278 valence electrons.